The fourth-order valence-electron chi connectivity index (χ4n) is 1.26. The summed E-state index contributed by atoms with van der Waals surface area (Å²) in [4.78, 5) is 11.9. The van der Waals surface area contributed by atoms with Crippen LogP contribution in [0.4, 0.5) is 5.69 Å². The number of sulfone groups is 1. The minimum absolute atomic E-state index is 0.0862. The van der Waals surface area contributed by atoms with Crippen LogP contribution in [0.2, 0.25) is 0 Å². The van der Waals surface area contributed by atoms with Gasteiger partial charge in [0.05, 0.1) is 4.90 Å². The molecule has 0 saturated heterocycles. The molecule has 1 aromatic rings. The Morgan fingerprint density at radius 1 is 1.41 bits per heavy atom. The van der Waals surface area contributed by atoms with Gasteiger partial charge in [-0.1, -0.05) is 19.9 Å². The summed E-state index contributed by atoms with van der Waals surface area (Å²) < 4.78 is 22.7. The van der Waals surface area contributed by atoms with Gasteiger partial charge in [0, 0.05) is 17.9 Å². The van der Waals surface area contributed by atoms with Gasteiger partial charge in [0.15, 0.2) is 9.84 Å². The van der Waals surface area contributed by atoms with E-state index in [1.807, 2.05) is 13.8 Å². The maximum absolute atomic E-state index is 11.6. The number of rotatable bonds is 4. The molecule has 0 aliphatic carbocycles. The summed E-state index contributed by atoms with van der Waals surface area (Å²) in [7, 11) is -3.24. The average Bonchev–Trinajstić information content (AvgIpc) is 2.27. The molecule has 1 N–H and O–H groups in total. The summed E-state index contributed by atoms with van der Waals surface area (Å²) in [5.41, 5.74) is 0.512. The molecule has 1 atom stereocenters. The lowest BCUT2D eigenvalue weighted by Crippen LogP contribution is -2.19. The van der Waals surface area contributed by atoms with E-state index < -0.39 is 9.84 Å². The van der Waals surface area contributed by atoms with E-state index in [1.165, 1.54) is 12.1 Å². The van der Waals surface area contributed by atoms with Crippen LogP contribution in [0.1, 0.15) is 20.3 Å². The number of hydrogen-bond acceptors (Lipinski definition) is 3. The van der Waals surface area contributed by atoms with Crippen molar-refractivity contribution in [1.29, 1.82) is 0 Å². The lowest BCUT2D eigenvalue weighted by molar-refractivity contribution is -0.119. The van der Waals surface area contributed by atoms with Crippen LogP contribution < -0.4 is 5.32 Å². The van der Waals surface area contributed by atoms with Gasteiger partial charge in [-0.2, -0.15) is 0 Å². The molecular weight excluding hydrogens is 238 g/mol. The maximum atomic E-state index is 11.6. The predicted octanol–water partition coefficient (Wildman–Crippen LogP) is 2.07. The van der Waals surface area contributed by atoms with Gasteiger partial charge >= 0.3 is 0 Å². The molecule has 0 saturated carbocycles. The number of amides is 1. The first-order valence-corrected chi connectivity index (χ1v) is 7.34. The van der Waals surface area contributed by atoms with Crippen LogP contribution in [0.25, 0.3) is 0 Å². The molecule has 0 aromatic heterocycles. The zero-order valence-corrected chi connectivity index (χ0v) is 11.0. The number of nitrogens with one attached hydrogen (secondary N) is 1. The van der Waals surface area contributed by atoms with Crippen LogP contribution in [-0.2, 0) is 14.6 Å². The smallest absolute Gasteiger partial charge is 0.227 e. The second kappa shape index (κ2) is 5.31. The maximum Gasteiger partial charge on any atom is 0.227 e. The molecule has 0 aliphatic rings. The first-order chi connectivity index (χ1) is 7.84. The normalized spacial score (nSPS) is 13.1. The van der Waals surface area contributed by atoms with E-state index in [9.17, 15) is 13.2 Å². The highest BCUT2D eigenvalue weighted by Crippen LogP contribution is 2.16. The van der Waals surface area contributed by atoms with E-state index in [0.29, 0.717) is 5.69 Å². The van der Waals surface area contributed by atoms with Gasteiger partial charge in [-0.15, -0.1) is 0 Å². The summed E-state index contributed by atoms with van der Waals surface area (Å²) in [6, 6.07) is 6.27. The minimum atomic E-state index is -3.24. The minimum Gasteiger partial charge on any atom is -0.326 e. The molecule has 1 amide bonds. The Hall–Kier alpha value is -1.36. The van der Waals surface area contributed by atoms with Crippen LogP contribution in [-0.4, -0.2) is 20.6 Å². The summed E-state index contributed by atoms with van der Waals surface area (Å²) in [6.45, 7) is 3.76. The Kier molecular flexibility index (Phi) is 4.28. The fraction of sp³-hybridized carbons (Fsp3) is 0.417. The third-order valence-corrected chi connectivity index (χ3v) is 3.70. The highest BCUT2D eigenvalue weighted by atomic mass is 32.2. The molecule has 0 heterocycles. The number of benzene rings is 1. The second-order valence-corrected chi connectivity index (χ2v) is 6.11. The van der Waals surface area contributed by atoms with Gasteiger partial charge < -0.3 is 5.32 Å². The van der Waals surface area contributed by atoms with Crippen LogP contribution in [0.5, 0.6) is 0 Å². The monoisotopic (exact) mass is 255 g/mol. The lowest BCUT2D eigenvalue weighted by atomic mass is 10.1. The van der Waals surface area contributed by atoms with E-state index >= 15 is 0 Å². The van der Waals surface area contributed by atoms with E-state index in [2.05, 4.69) is 5.32 Å². The van der Waals surface area contributed by atoms with Crippen LogP contribution in [0.15, 0.2) is 29.2 Å². The van der Waals surface area contributed by atoms with Crippen molar-refractivity contribution in [2.75, 3.05) is 11.6 Å². The summed E-state index contributed by atoms with van der Waals surface area (Å²) in [5.74, 6) is -0.185. The van der Waals surface area contributed by atoms with Crippen LogP contribution in [0, 0.1) is 5.92 Å². The van der Waals surface area contributed by atoms with Gasteiger partial charge in [-0.05, 0) is 24.6 Å². The molecule has 1 rings (SSSR count). The third-order valence-electron chi connectivity index (χ3n) is 2.59. The number of carbonyl (C=O) groups is 1. The Balaban J connectivity index is 2.91. The molecule has 1 unspecified atom stereocenters. The Bertz CT molecular complexity index is 508. The quantitative estimate of drug-likeness (QED) is 0.895. The number of carbonyl (C=O) groups excluding carboxylic acids is 1. The molecule has 0 fully saturated rings. The molecule has 0 radical (unpaired) electrons. The second-order valence-electron chi connectivity index (χ2n) is 4.10. The Morgan fingerprint density at radius 2 is 2.06 bits per heavy atom. The predicted molar refractivity (Wildman–Crippen MR) is 67.6 cm³/mol. The number of anilines is 1. The van der Waals surface area contributed by atoms with Crippen molar-refractivity contribution in [3.05, 3.63) is 24.3 Å². The van der Waals surface area contributed by atoms with Crippen molar-refractivity contribution in [3.63, 3.8) is 0 Å². The summed E-state index contributed by atoms with van der Waals surface area (Å²) in [6.07, 6.45) is 1.89. The van der Waals surface area contributed by atoms with E-state index in [-0.39, 0.29) is 16.7 Å². The molecule has 4 nitrogen and oxygen atoms in total. The molecule has 5 heteroatoms. The first kappa shape index (κ1) is 13.7. The fourth-order valence-corrected chi connectivity index (χ4v) is 1.92. The first-order valence-electron chi connectivity index (χ1n) is 5.45. The van der Waals surface area contributed by atoms with Gasteiger partial charge in [-0.3, -0.25) is 4.79 Å². The van der Waals surface area contributed by atoms with Gasteiger partial charge in [0.2, 0.25) is 5.91 Å². The van der Waals surface area contributed by atoms with E-state index in [0.717, 1.165) is 12.7 Å². The Labute approximate surface area is 102 Å². The van der Waals surface area contributed by atoms with Crippen molar-refractivity contribution < 1.29 is 13.2 Å². The van der Waals surface area contributed by atoms with E-state index in [1.54, 1.807) is 12.1 Å². The molecule has 0 spiro atoms. The number of hydrogen-bond donors (Lipinski definition) is 1. The van der Waals surface area contributed by atoms with Crippen LogP contribution in [0.3, 0.4) is 0 Å². The molecule has 0 aliphatic heterocycles. The Morgan fingerprint density at radius 3 is 2.59 bits per heavy atom. The topological polar surface area (TPSA) is 63.2 Å². The van der Waals surface area contributed by atoms with Crippen LogP contribution >= 0.6 is 0 Å². The van der Waals surface area contributed by atoms with Crippen molar-refractivity contribution in [1.82, 2.24) is 0 Å². The largest absolute Gasteiger partial charge is 0.326 e. The molecular formula is C12H17NO3S. The van der Waals surface area contributed by atoms with Gasteiger partial charge in [-0.25, -0.2) is 8.42 Å². The highest BCUT2D eigenvalue weighted by molar-refractivity contribution is 7.90. The highest BCUT2D eigenvalue weighted by Gasteiger charge is 2.12. The third kappa shape index (κ3) is 3.85. The zero-order chi connectivity index (χ0) is 13.1. The van der Waals surface area contributed by atoms with Gasteiger partial charge in [0.25, 0.3) is 0 Å². The molecule has 1 aromatic carbocycles. The SMILES string of the molecule is CCC(C)C(=O)Nc1cccc(S(C)(=O)=O)c1. The zero-order valence-electron chi connectivity index (χ0n) is 10.2. The standard InChI is InChI=1S/C12H17NO3S/c1-4-9(2)12(14)13-10-6-5-7-11(8-10)17(3,15)16/h5-9H,4H2,1-3H3,(H,13,14). The lowest BCUT2D eigenvalue weighted by Gasteiger charge is -2.10. The summed E-state index contributed by atoms with van der Waals surface area (Å²) in [5, 5.41) is 2.70. The van der Waals surface area contributed by atoms with Crippen molar-refractivity contribution in [2.45, 2.75) is 25.2 Å². The molecule has 17 heavy (non-hydrogen) atoms. The van der Waals surface area contributed by atoms with Crippen molar-refractivity contribution >= 4 is 21.4 Å². The van der Waals surface area contributed by atoms with Gasteiger partial charge in [0.1, 0.15) is 0 Å². The molecule has 94 valence electrons. The van der Waals surface area contributed by atoms with Crippen molar-refractivity contribution in [3.8, 4) is 0 Å². The summed E-state index contributed by atoms with van der Waals surface area (Å²) >= 11 is 0. The average molecular weight is 255 g/mol. The van der Waals surface area contributed by atoms with E-state index in [4.69, 9.17) is 0 Å². The van der Waals surface area contributed by atoms with Crippen molar-refractivity contribution in [2.24, 2.45) is 5.92 Å². The molecule has 0 bridgehead atoms.